The lowest BCUT2D eigenvalue weighted by atomic mass is 9.96. The van der Waals surface area contributed by atoms with Gasteiger partial charge in [0.05, 0.1) is 5.54 Å². The van der Waals surface area contributed by atoms with Gasteiger partial charge in [-0.2, -0.15) is 4.98 Å². The summed E-state index contributed by atoms with van der Waals surface area (Å²) in [5.74, 6) is 2.21. The lowest BCUT2D eigenvalue weighted by molar-refractivity contribution is 0.297. The van der Waals surface area contributed by atoms with Crippen LogP contribution in [0.15, 0.2) is 23.1 Å². The van der Waals surface area contributed by atoms with Gasteiger partial charge in [0.2, 0.25) is 5.89 Å². The van der Waals surface area contributed by atoms with Gasteiger partial charge in [-0.15, -0.1) is 11.3 Å². The van der Waals surface area contributed by atoms with Crippen LogP contribution in [0, 0.1) is 0 Å². The zero-order valence-electron chi connectivity index (χ0n) is 12.9. The number of fused-ring (bicyclic) bond motifs is 1. The lowest BCUT2D eigenvalue weighted by Crippen LogP contribution is -2.40. The molecule has 3 aromatic rings. The summed E-state index contributed by atoms with van der Waals surface area (Å²) in [7, 11) is 0. The van der Waals surface area contributed by atoms with Crippen LogP contribution in [0.1, 0.15) is 61.0 Å². The SMILES string of the molecule is c1cn2cc(CNC3(c4noc(C5CC5)n4)CCCC3)sc2n1. The van der Waals surface area contributed by atoms with Crippen LogP contribution in [0.5, 0.6) is 0 Å². The van der Waals surface area contributed by atoms with Gasteiger partial charge in [-0.3, -0.25) is 9.72 Å². The number of hydrogen-bond acceptors (Lipinski definition) is 6. The summed E-state index contributed by atoms with van der Waals surface area (Å²) in [6.07, 6.45) is 12.9. The molecule has 0 aromatic carbocycles. The third-order valence-corrected chi connectivity index (χ3v) is 6.00. The Bertz CT molecular complexity index is 796. The Morgan fingerprint density at radius 2 is 2.22 bits per heavy atom. The summed E-state index contributed by atoms with van der Waals surface area (Å²) in [5, 5.41) is 8.05. The molecule has 23 heavy (non-hydrogen) atoms. The molecular formula is C16H19N5OS. The first kappa shape index (κ1) is 13.7. The Morgan fingerprint density at radius 1 is 1.35 bits per heavy atom. The Morgan fingerprint density at radius 3 is 3.00 bits per heavy atom. The van der Waals surface area contributed by atoms with Crippen LogP contribution < -0.4 is 5.32 Å². The van der Waals surface area contributed by atoms with E-state index in [1.165, 1.54) is 30.6 Å². The van der Waals surface area contributed by atoms with Crippen LogP contribution in [0.3, 0.4) is 0 Å². The van der Waals surface area contributed by atoms with Gasteiger partial charge in [-0.05, 0) is 25.7 Å². The van der Waals surface area contributed by atoms with Gasteiger partial charge < -0.3 is 4.52 Å². The molecule has 1 N–H and O–H groups in total. The number of nitrogens with zero attached hydrogens (tertiary/aromatic N) is 4. The molecule has 3 aromatic heterocycles. The first-order valence-corrected chi connectivity index (χ1v) is 9.15. The topological polar surface area (TPSA) is 68.2 Å². The van der Waals surface area contributed by atoms with Gasteiger partial charge in [0.1, 0.15) is 0 Å². The maximum Gasteiger partial charge on any atom is 0.229 e. The highest BCUT2D eigenvalue weighted by atomic mass is 32.1. The molecule has 2 fully saturated rings. The van der Waals surface area contributed by atoms with E-state index in [9.17, 15) is 0 Å². The third kappa shape index (κ3) is 2.38. The molecule has 0 unspecified atom stereocenters. The van der Waals surface area contributed by atoms with Crippen molar-refractivity contribution in [3.63, 3.8) is 0 Å². The van der Waals surface area contributed by atoms with Crippen LogP contribution >= 0.6 is 11.3 Å². The number of rotatable bonds is 5. The van der Waals surface area contributed by atoms with Crippen molar-refractivity contribution in [2.75, 3.05) is 0 Å². The first-order valence-electron chi connectivity index (χ1n) is 8.33. The summed E-state index contributed by atoms with van der Waals surface area (Å²) < 4.78 is 7.57. The van der Waals surface area contributed by atoms with Crippen LogP contribution in [0.4, 0.5) is 0 Å². The molecule has 7 heteroatoms. The minimum absolute atomic E-state index is 0.122. The Hall–Kier alpha value is -1.73. The van der Waals surface area contributed by atoms with Gasteiger partial charge >= 0.3 is 0 Å². The van der Waals surface area contributed by atoms with Crippen LogP contribution in [0.2, 0.25) is 0 Å². The average molecular weight is 329 g/mol. The smallest absolute Gasteiger partial charge is 0.229 e. The standard InChI is InChI=1S/C16H19N5OS/c1-2-6-16(5-1,14-19-13(22-20-14)11-3-4-11)18-9-12-10-21-8-7-17-15(21)23-12/h7-8,10-11,18H,1-6,9H2. The largest absolute Gasteiger partial charge is 0.339 e. The van der Waals surface area contributed by atoms with Gasteiger partial charge in [-0.25, -0.2) is 4.98 Å². The first-order chi connectivity index (χ1) is 11.3. The number of thiazole rings is 1. The van der Waals surface area contributed by atoms with Crippen molar-refractivity contribution in [2.45, 2.75) is 56.5 Å². The van der Waals surface area contributed by atoms with Crippen LogP contribution in [0.25, 0.3) is 4.96 Å². The summed E-state index contributed by atoms with van der Waals surface area (Å²) in [6, 6.07) is 0. The Kier molecular flexibility index (Phi) is 3.06. The predicted molar refractivity (Wildman–Crippen MR) is 86.3 cm³/mol. The normalized spacial score (nSPS) is 20.5. The number of imidazole rings is 1. The summed E-state index contributed by atoms with van der Waals surface area (Å²) >= 11 is 1.73. The number of hydrogen-bond donors (Lipinski definition) is 1. The fraction of sp³-hybridized carbons (Fsp3) is 0.562. The molecule has 5 rings (SSSR count). The van der Waals surface area contributed by atoms with E-state index in [0.29, 0.717) is 5.92 Å². The van der Waals surface area contributed by atoms with E-state index >= 15 is 0 Å². The highest BCUT2D eigenvalue weighted by molar-refractivity contribution is 7.17. The second-order valence-electron chi connectivity index (χ2n) is 6.69. The molecule has 2 aliphatic carbocycles. The predicted octanol–water partition coefficient (Wildman–Crippen LogP) is 3.22. The van der Waals surface area contributed by atoms with E-state index in [4.69, 9.17) is 9.51 Å². The Labute approximate surface area is 137 Å². The monoisotopic (exact) mass is 329 g/mol. The van der Waals surface area contributed by atoms with E-state index in [0.717, 1.165) is 36.1 Å². The van der Waals surface area contributed by atoms with E-state index in [2.05, 4.69) is 26.1 Å². The quantitative estimate of drug-likeness (QED) is 0.778. The molecule has 0 radical (unpaired) electrons. The van der Waals surface area contributed by atoms with Crippen molar-refractivity contribution in [3.8, 4) is 0 Å². The lowest BCUT2D eigenvalue weighted by Gasteiger charge is -2.26. The average Bonchev–Trinajstić information content (AvgIpc) is 2.99. The summed E-state index contributed by atoms with van der Waals surface area (Å²) in [6.45, 7) is 0.821. The molecule has 2 saturated carbocycles. The highest BCUT2D eigenvalue weighted by Gasteiger charge is 2.41. The van der Waals surface area contributed by atoms with Gasteiger partial charge in [-0.1, -0.05) is 18.0 Å². The van der Waals surface area contributed by atoms with Gasteiger partial charge in [0, 0.05) is 35.9 Å². The zero-order chi connectivity index (χ0) is 15.3. The van der Waals surface area contributed by atoms with E-state index in [-0.39, 0.29) is 5.54 Å². The molecule has 0 spiro atoms. The molecule has 0 atom stereocenters. The molecule has 3 heterocycles. The molecule has 0 aliphatic heterocycles. The fourth-order valence-corrected chi connectivity index (χ4v) is 4.37. The fourth-order valence-electron chi connectivity index (χ4n) is 3.50. The second kappa shape index (κ2) is 5.14. The zero-order valence-corrected chi connectivity index (χ0v) is 13.7. The molecule has 2 aliphatic rings. The van der Waals surface area contributed by atoms with Crippen molar-refractivity contribution >= 4 is 16.3 Å². The maximum absolute atomic E-state index is 5.50. The van der Waals surface area contributed by atoms with Crippen LogP contribution in [-0.2, 0) is 12.1 Å². The molecule has 0 amide bonds. The van der Waals surface area contributed by atoms with Gasteiger partial charge in [0.15, 0.2) is 10.8 Å². The molecule has 120 valence electrons. The van der Waals surface area contributed by atoms with Crippen LogP contribution in [-0.4, -0.2) is 19.5 Å². The minimum atomic E-state index is -0.122. The number of aromatic nitrogens is 4. The molecular weight excluding hydrogens is 310 g/mol. The Balaban J connectivity index is 1.38. The van der Waals surface area contributed by atoms with E-state index < -0.39 is 0 Å². The summed E-state index contributed by atoms with van der Waals surface area (Å²) in [4.78, 5) is 11.4. The molecule has 6 nitrogen and oxygen atoms in total. The van der Waals surface area contributed by atoms with E-state index in [1.807, 2.05) is 12.4 Å². The molecule has 0 saturated heterocycles. The van der Waals surface area contributed by atoms with Crippen molar-refractivity contribution in [3.05, 3.63) is 35.2 Å². The van der Waals surface area contributed by atoms with Crippen molar-refractivity contribution < 1.29 is 4.52 Å². The number of nitrogens with one attached hydrogen (secondary N) is 1. The third-order valence-electron chi connectivity index (χ3n) is 4.99. The highest BCUT2D eigenvalue weighted by Crippen LogP contribution is 2.42. The van der Waals surface area contributed by atoms with Crippen molar-refractivity contribution in [1.29, 1.82) is 0 Å². The van der Waals surface area contributed by atoms with Crippen molar-refractivity contribution in [2.24, 2.45) is 0 Å². The van der Waals surface area contributed by atoms with Gasteiger partial charge in [0.25, 0.3) is 0 Å². The summed E-state index contributed by atoms with van der Waals surface area (Å²) in [5.41, 5.74) is -0.122. The maximum atomic E-state index is 5.50. The molecule has 0 bridgehead atoms. The second-order valence-corrected chi connectivity index (χ2v) is 7.78. The van der Waals surface area contributed by atoms with E-state index in [1.54, 1.807) is 11.3 Å². The minimum Gasteiger partial charge on any atom is -0.339 e. The van der Waals surface area contributed by atoms with Crippen molar-refractivity contribution in [1.82, 2.24) is 24.8 Å².